The molecule has 4 nitrogen and oxygen atoms in total. The quantitative estimate of drug-likeness (QED) is 0.450. The summed E-state index contributed by atoms with van der Waals surface area (Å²) in [5, 5.41) is 9.09. The van der Waals surface area contributed by atoms with Crippen LogP contribution in [0.5, 0.6) is 5.75 Å². The molecule has 0 saturated carbocycles. The molecule has 116 valence electrons. The minimum Gasteiger partial charge on any atom is -0.488 e. The molecule has 5 heteroatoms. The number of halogens is 1. The zero-order valence-corrected chi connectivity index (χ0v) is 14.0. The van der Waals surface area contributed by atoms with Gasteiger partial charge in [-0.25, -0.2) is 4.79 Å². The summed E-state index contributed by atoms with van der Waals surface area (Å²) in [4.78, 5) is 11.6. The van der Waals surface area contributed by atoms with E-state index in [-0.39, 0.29) is 5.57 Å². The number of rotatable bonds is 5. The molecule has 0 bridgehead atoms. The van der Waals surface area contributed by atoms with Gasteiger partial charge in [-0.15, -0.1) is 0 Å². The molecule has 23 heavy (non-hydrogen) atoms. The van der Waals surface area contributed by atoms with E-state index in [1.54, 1.807) is 12.1 Å². The fourth-order valence-corrected chi connectivity index (χ4v) is 2.28. The Morgan fingerprint density at radius 2 is 2.00 bits per heavy atom. The molecule has 0 aliphatic rings. The topological polar surface area (TPSA) is 59.3 Å². The summed E-state index contributed by atoms with van der Waals surface area (Å²) in [7, 11) is 1.24. The Kier molecular flexibility index (Phi) is 5.95. The first-order valence-corrected chi connectivity index (χ1v) is 7.59. The van der Waals surface area contributed by atoms with Gasteiger partial charge in [0.05, 0.1) is 7.11 Å². The van der Waals surface area contributed by atoms with E-state index in [9.17, 15) is 4.79 Å². The minimum absolute atomic E-state index is 0.0878. The van der Waals surface area contributed by atoms with Crippen LogP contribution in [-0.4, -0.2) is 13.1 Å². The second-order valence-electron chi connectivity index (χ2n) is 4.62. The van der Waals surface area contributed by atoms with E-state index in [1.807, 2.05) is 42.5 Å². The van der Waals surface area contributed by atoms with E-state index in [4.69, 9.17) is 10.00 Å². The molecule has 0 atom stereocenters. The zero-order chi connectivity index (χ0) is 16.7. The molecule has 0 fully saturated rings. The molecule has 0 radical (unpaired) electrons. The van der Waals surface area contributed by atoms with Gasteiger partial charge in [0, 0.05) is 10.0 Å². The Bertz CT molecular complexity index is 764. The number of ether oxygens (including phenoxy) is 2. The van der Waals surface area contributed by atoms with Crippen molar-refractivity contribution in [1.29, 1.82) is 5.26 Å². The van der Waals surface area contributed by atoms with E-state index in [2.05, 4.69) is 20.7 Å². The molecule has 0 aromatic heterocycles. The van der Waals surface area contributed by atoms with Crippen molar-refractivity contribution in [3.63, 3.8) is 0 Å². The number of nitrogens with zero attached hydrogens (tertiary/aromatic N) is 1. The van der Waals surface area contributed by atoms with Crippen LogP contribution in [0.3, 0.4) is 0 Å². The van der Waals surface area contributed by atoms with Crippen LogP contribution in [-0.2, 0) is 16.1 Å². The standard InChI is InChI=1S/C18H14BrNO3/c1-22-18(21)15(11-20)9-14-10-16(19)7-8-17(14)23-12-13-5-3-2-4-6-13/h2-10H,12H2,1H3. The molecule has 0 amide bonds. The molecule has 2 rings (SSSR count). The summed E-state index contributed by atoms with van der Waals surface area (Å²) >= 11 is 3.37. The lowest BCUT2D eigenvalue weighted by molar-refractivity contribution is -0.135. The molecular formula is C18H14BrNO3. The van der Waals surface area contributed by atoms with Crippen molar-refractivity contribution in [3.8, 4) is 11.8 Å². The third-order valence-electron chi connectivity index (χ3n) is 3.03. The normalized spacial score (nSPS) is 10.7. The molecule has 0 unspecified atom stereocenters. The number of hydrogen-bond acceptors (Lipinski definition) is 4. The molecule has 0 spiro atoms. The van der Waals surface area contributed by atoms with Gasteiger partial charge < -0.3 is 9.47 Å². The van der Waals surface area contributed by atoms with Crippen LogP contribution in [0.25, 0.3) is 6.08 Å². The maximum absolute atomic E-state index is 11.6. The average Bonchev–Trinajstić information content (AvgIpc) is 2.59. The van der Waals surface area contributed by atoms with Crippen LogP contribution < -0.4 is 4.74 Å². The number of nitriles is 1. The Hall–Kier alpha value is -2.58. The highest BCUT2D eigenvalue weighted by atomic mass is 79.9. The molecule has 2 aromatic rings. The maximum atomic E-state index is 11.6. The van der Waals surface area contributed by atoms with E-state index < -0.39 is 5.97 Å². The Balaban J connectivity index is 2.29. The van der Waals surface area contributed by atoms with Crippen LogP contribution in [0.15, 0.2) is 58.6 Å². The van der Waals surface area contributed by atoms with Gasteiger partial charge in [0.15, 0.2) is 0 Å². The van der Waals surface area contributed by atoms with Gasteiger partial charge in [0.2, 0.25) is 0 Å². The Labute approximate surface area is 143 Å². The van der Waals surface area contributed by atoms with Gasteiger partial charge in [-0.3, -0.25) is 0 Å². The third-order valence-corrected chi connectivity index (χ3v) is 3.53. The van der Waals surface area contributed by atoms with E-state index >= 15 is 0 Å². The molecule has 0 saturated heterocycles. The van der Waals surface area contributed by atoms with Crippen molar-refractivity contribution in [2.24, 2.45) is 0 Å². The van der Waals surface area contributed by atoms with Crippen molar-refractivity contribution in [2.45, 2.75) is 6.61 Å². The Morgan fingerprint density at radius 3 is 2.65 bits per heavy atom. The molecule has 2 aromatic carbocycles. The third kappa shape index (κ3) is 4.70. The summed E-state index contributed by atoms with van der Waals surface area (Å²) < 4.78 is 11.2. The maximum Gasteiger partial charge on any atom is 0.348 e. The van der Waals surface area contributed by atoms with Gasteiger partial charge in [-0.1, -0.05) is 46.3 Å². The summed E-state index contributed by atoms with van der Waals surface area (Å²) in [6, 6.07) is 17.0. The van der Waals surface area contributed by atoms with Crippen molar-refractivity contribution in [1.82, 2.24) is 0 Å². The zero-order valence-electron chi connectivity index (χ0n) is 12.5. The lowest BCUT2D eigenvalue weighted by Gasteiger charge is -2.10. The van der Waals surface area contributed by atoms with Gasteiger partial charge in [0.1, 0.15) is 24.0 Å². The van der Waals surface area contributed by atoms with Crippen molar-refractivity contribution in [2.75, 3.05) is 7.11 Å². The smallest absolute Gasteiger partial charge is 0.348 e. The summed E-state index contributed by atoms with van der Waals surface area (Å²) in [5.41, 5.74) is 1.56. The average molecular weight is 372 g/mol. The summed E-state index contributed by atoms with van der Waals surface area (Å²) in [6.07, 6.45) is 1.46. The fourth-order valence-electron chi connectivity index (χ4n) is 1.90. The first-order valence-electron chi connectivity index (χ1n) is 6.80. The van der Waals surface area contributed by atoms with E-state index in [0.29, 0.717) is 17.9 Å². The largest absolute Gasteiger partial charge is 0.488 e. The van der Waals surface area contributed by atoms with E-state index in [0.717, 1.165) is 10.0 Å². The van der Waals surface area contributed by atoms with Crippen molar-refractivity contribution >= 4 is 28.0 Å². The molecular weight excluding hydrogens is 358 g/mol. The monoisotopic (exact) mass is 371 g/mol. The predicted molar refractivity (Wildman–Crippen MR) is 90.5 cm³/mol. The molecule has 0 aliphatic carbocycles. The number of benzene rings is 2. The van der Waals surface area contributed by atoms with Gasteiger partial charge in [0.25, 0.3) is 0 Å². The van der Waals surface area contributed by atoms with Crippen molar-refractivity contribution in [3.05, 3.63) is 69.7 Å². The number of methoxy groups -OCH3 is 1. The van der Waals surface area contributed by atoms with E-state index in [1.165, 1.54) is 13.2 Å². The fraction of sp³-hybridized carbons (Fsp3) is 0.111. The van der Waals surface area contributed by atoms with Gasteiger partial charge in [-0.2, -0.15) is 5.26 Å². The van der Waals surface area contributed by atoms with Gasteiger partial charge >= 0.3 is 5.97 Å². The lowest BCUT2D eigenvalue weighted by atomic mass is 10.1. The minimum atomic E-state index is -0.679. The first-order chi connectivity index (χ1) is 11.1. The van der Waals surface area contributed by atoms with Gasteiger partial charge in [-0.05, 0) is 29.8 Å². The molecule has 0 heterocycles. The van der Waals surface area contributed by atoms with Crippen LogP contribution in [0.2, 0.25) is 0 Å². The van der Waals surface area contributed by atoms with Crippen LogP contribution in [0.4, 0.5) is 0 Å². The number of esters is 1. The lowest BCUT2D eigenvalue weighted by Crippen LogP contribution is -2.03. The highest BCUT2D eigenvalue weighted by Crippen LogP contribution is 2.26. The SMILES string of the molecule is COC(=O)C(C#N)=Cc1cc(Br)ccc1OCc1ccccc1. The Morgan fingerprint density at radius 1 is 1.26 bits per heavy atom. The van der Waals surface area contributed by atoms with Crippen LogP contribution >= 0.6 is 15.9 Å². The molecule has 0 aliphatic heterocycles. The summed E-state index contributed by atoms with van der Waals surface area (Å²) in [6.45, 7) is 0.392. The predicted octanol–water partition coefficient (Wildman–Crippen LogP) is 4.11. The highest BCUT2D eigenvalue weighted by Gasteiger charge is 2.11. The second-order valence-corrected chi connectivity index (χ2v) is 5.53. The molecule has 0 N–H and O–H groups in total. The van der Waals surface area contributed by atoms with Crippen molar-refractivity contribution < 1.29 is 14.3 Å². The van der Waals surface area contributed by atoms with Crippen LogP contribution in [0.1, 0.15) is 11.1 Å². The number of carbonyl (C=O) groups excluding carboxylic acids is 1. The van der Waals surface area contributed by atoms with Crippen LogP contribution in [0, 0.1) is 11.3 Å². The number of carbonyl (C=O) groups is 1. The first kappa shape index (κ1) is 16.8. The summed E-state index contributed by atoms with van der Waals surface area (Å²) in [5.74, 6) is -0.102. The number of hydrogen-bond donors (Lipinski definition) is 0. The highest BCUT2D eigenvalue weighted by molar-refractivity contribution is 9.10. The second kappa shape index (κ2) is 8.16.